The molecule has 23 heavy (non-hydrogen) atoms. The van der Waals surface area contributed by atoms with Crippen LogP contribution in [0.4, 0.5) is 0 Å². The van der Waals surface area contributed by atoms with Crippen LogP contribution in [0.25, 0.3) is 0 Å². The van der Waals surface area contributed by atoms with Gasteiger partial charge in [0.25, 0.3) is 10.0 Å². The predicted molar refractivity (Wildman–Crippen MR) is 86.8 cm³/mol. The van der Waals surface area contributed by atoms with Crippen molar-refractivity contribution in [2.75, 3.05) is 20.5 Å². The Morgan fingerprint density at radius 1 is 1.09 bits per heavy atom. The van der Waals surface area contributed by atoms with Crippen molar-refractivity contribution in [2.45, 2.75) is 11.8 Å². The van der Waals surface area contributed by atoms with E-state index in [9.17, 15) is 18.0 Å². The van der Waals surface area contributed by atoms with Gasteiger partial charge in [0.05, 0.1) is 19.1 Å². The highest BCUT2D eigenvalue weighted by atomic mass is 32.2. The Morgan fingerprint density at radius 3 is 1.96 bits per heavy atom. The van der Waals surface area contributed by atoms with Crippen LogP contribution in [0.15, 0.2) is 33.6 Å². The minimum atomic E-state index is -4.07. The van der Waals surface area contributed by atoms with Gasteiger partial charge in [-0.2, -0.15) is 12.8 Å². The Balaban J connectivity index is 3.34. The molecule has 0 aromatic heterocycles. The van der Waals surface area contributed by atoms with Gasteiger partial charge in [-0.25, -0.2) is 0 Å². The van der Waals surface area contributed by atoms with Crippen molar-refractivity contribution in [3.63, 3.8) is 0 Å². The molecule has 0 atom stereocenters. The second kappa shape index (κ2) is 8.11. The van der Waals surface area contributed by atoms with Gasteiger partial charge in [-0.3, -0.25) is 9.59 Å². The van der Waals surface area contributed by atoms with Crippen LogP contribution in [-0.4, -0.2) is 45.9 Å². The van der Waals surface area contributed by atoms with Crippen LogP contribution in [0.5, 0.6) is 0 Å². The van der Waals surface area contributed by atoms with Crippen molar-refractivity contribution in [3.8, 4) is 0 Å². The van der Waals surface area contributed by atoms with Gasteiger partial charge in [-0.15, -0.1) is 11.8 Å². The van der Waals surface area contributed by atoms with Gasteiger partial charge in [0.1, 0.15) is 5.04 Å². The standard InChI is InChI=1S/C14H17NO6S2/c1-9-5-7-10(8-6-9)23(18,19)15-12(22-4)11(13(16)20-2)14(17)21-3/h5-8,11H,1-4H3/b15-12+. The van der Waals surface area contributed by atoms with Crippen LogP contribution in [-0.2, 0) is 29.1 Å². The first kappa shape index (κ1) is 19.2. The largest absolute Gasteiger partial charge is 0.468 e. The first-order chi connectivity index (χ1) is 10.8. The van der Waals surface area contributed by atoms with Crippen LogP contribution in [0.3, 0.4) is 0 Å². The van der Waals surface area contributed by atoms with Crippen LogP contribution >= 0.6 is 11.8 Å². The van der Waals surface area contributed by atoms with Crippen LogP contribution < -0.4 is 0 Å². The molecule has 7 nitrogen and oxygen atoms in total. The molecule has 0 amide bonds. The molecule has 0 fully saturated rings. The molecule has 0 saturated heterocycles. The highest BCUT2D eigenvalue weighted by Crippen LogP contribution is 2.20. The summed E-state index contributed by atoms with van der Waals surface area (Å²) < 4.78 is 37.3. The van der Waals surface area contributed by atoms with Gasteiger partial charge in [-0.05, 0) is 25.3 Å². The second-order valence-corrected chi connectivity index (χ2v) is 6.83. The van der Waals surface area contributed by atoms with E-state index >= 15 is 0 Å². The number of methoxy groups -OCH3 is 2. The zero-order valence-electron chi connectivity index (χ0n) is 13.1. The highest BCUT2D eigenvalue weighted by Gasteiger charge is 2.35. The third-order valence-corrected chi connectivity index (χ3v) is 5.02. The molecule has 0 N–H and O–H groups in total. The molecule has 0 radical (unpaired) electrons. The molecule has 9 heteroatoms. The minimum Gasteiger partial charge on any atom is -0.468 e. The number of hydrogen-bond donors (Lipinski definition) is 0. The van der Waals surface area contributed by atoms with E-state index in [2.05, 4.69) is 13.9 Å². The van der Waals surface area contributed by atoms with E-state index in [1.165, 1.54) is 18.4 Å². The molecule has 0 saturated carbocycles. The number of carbonyl (C=O) groups excluding carboxylic acids is 2. The molecule has 0 bridgehead atoms. The fourth-order valence-electron chi connectivity index (χ4n) is 1.62. The number of rotatable bonds is 5. The monoisotopic (exact) mass is 359 g/mol. The number of hydrogen-bond acceptors (Lipinski definition) is 7. The third-order valence-electron chi connectivity index (χ3n) is 2.86. The molecule has 126 valence electrons. The number of sulfonamides is 1. The van der Waals surface area contributed by atoms with E-state index in [1.54, 1.807) is 12.1 Å². The van der Waals surface area contributed by atoms with Crippen molar-refractivity contribution in [1.82, 2.24) is 0 Å². The van der Waals surface area contributed by atoms with E-state index in [4.69, 9.17) is 0 Å². The Hall–Kier alpha value is -1.87. The molecule has 1 rings (SSSR count). The van der Waals surface area contributed by atoms with Gasteiger partial charge in [0.15, 0.2) is 0 Å². The Morgan fingerprint density at radius 2 is 1.57 bits per heavy atom. The summed E-state index contributed by atoms with van der Waals surface area (Å²) in [7, 11) is -1.89. The number of ether oxygens (including phenoxy) is 2. The number of esters is 2. The maximum absolute atomic E-state index is 12.3. The van der Waals surface area contributed by atoms with E-state index in [-0.39, 0.29) is 9.94 Å². The minimum absolute atomic E-state index is 0.0388. The Kier molecular flexibility index (Phi) is 6.77. The molecule has 0 unspecified atom stereocenters. The molecule has 0 heterocycles. The summed E-state index contributed by atoms with van der Waals surface area (Å²) in [6.07, 6.45) is 1.50. The first-order valence-corrected chi connectivity index (χ1v) is 9.04. The number of thioether (sulfide) groups is 1. The lowest BCUT2D eigenvalue weighted by molar-refractivity contribution is -0.154. The van der Waals surface area contributed by atoms with E-state index < -0.39 is 27.9 Å². The molecular formula is C14H17NO6S2. The average molecular weight is 359 g/mol. The topological polar surface area (TPSA) is 99.1 Å². The summed E-state index contributed by atoms with van der Waals surface area (Å²) in [6, 6.07) is 6.05. The van der Waals surface area contributed by atoms with Gasteiger partial charge < -0.3 is 9.47 Å². The third kappa shape index (κ3) is 4.80. The van der Waals surface area contributed by atoms with Gasteiger partial charge >= 0.3 is 11.9 Å². The van der Waals surface area contributed by atoms with Crippen molar-refractivity contribution in [2.24, 2.45) is 10.3 Å². The maximum atomic E-state index is 12.3. The smallest absolute Gasteiger partial charge is 0.326 e. The van der Waals surface area contributed by atoms with Crippen molar-refractivity contribution in [1.29, 1.82) is 0 Å². The quantitative estimate of drug-likeness (QED) is 0.339. The zero-order chi connectivity index (χ0) is 17.6. The van der Waals surface area contributed by atoms with E-state index in [0.717, 1.165) is 31.5 Å². The number of nitrogens with zero attached hydrogens (tertiary/aromatic N) is 1. The Bertz CT molecular complexity index is 693. The molecular weight excluding hydrogens is 342 g/mol. The summed E-state index contributed by atoms with van der Waals surface area (Å²) in [5.74, 6) is -3.42. The summed E-state index contributed by atoms with van der Waals surface area (Å²) in [6.45, 7) is 1.82. The van der Waals surface area contributed by atoms with Crippen LogP contribution in [0.2, 0.25) is 0 Å². The normalized spacial score (nSPS) is 12.1. The lowest BCUT2D eigenvalue weighted by atomic mass is 10.2. The summed E-state index contributed by atoms with van der Waals surface area (Å²) in [5.41, 5.74) is 0.889. The lowest BCUT2D eigenvalue weighted by Gasteiger charge is -2.13. The average Bonchev–Trinajstić information content (AvgIpc) is 2.53. The molecule has 1 aromatic rings. The number of benzene rings is 1. The Labute approximate surface area is 139 Å². The van der Waals surface area contributed by atoms with Crippen molar-refractivity contribution >= 4 is 38.8 Å². The number of aryl methyl sites for hydroxylation is 1. The van der Waals surface area contributed by atoms with E-state index in [0.29, 0.717) is 0 Å². The molecule has 0 aliphatic carbocycles. The summed E-state index contributed by atoms with van der Waals surface area (Å²) >= 11 is 0.859. The SMILES string of the molecule is COC(=O)C(C(=O)OC)/C(=N\S(=O)(=O)c1ccc(C)cc1)SC. The maximum Gasteiger partial charge on any atom is 0.326 e. The van der Waals surface area contributed by atoms with Crippen LogP contribution in [0, 0.1) is 12.8 Å². The van der Waals surface area contributed by atoms with Gasteiger partial charge in [0, 0.05) is 0 Å². The second-order valence-electron chi connectivity index (χ2n) is 4.40. The molecule has 0 spiro atoms. The first-order valence-electron chi connectivity index (χ1n) is 6.38. The van der Waals surface area contributed by atoms with Crippen LogP contribution in [0.1, 0.15) is 5.56 Å². The van der Waals surface area contributed by atoms with Gasteiger partial charge in [-0.1, -0.05) is 17.7 Å². The highest BCUT2D eigenvalue weighted by molar-refractivity contribution is 8.14. The summed E-state index contributed by atoms with van der Waals surface area (Å²) in [5, 5.41) is -0.218. The van der Waals surface area contributed by atoms with Crippen molar-refractivity contribution < 1.29 is 27.5 Å². The molecule has 0 aliphatic heterocycles. The fourth-order valence-corrected chi connectivity index (χ4v) is 3.57. The van der Waals surface area contributed by atoms with Gasteiger partial charge in [0.2, 0.25) is 5.92 Å². The summed E-state index contributed by atoms with van der Waals surface area (Å²) in [4.78, 5) is 23.5. The number of carbonyl (C=O) groups is 2. The molecule has 0 aliphatic rings. The fraction of sp³-hybridized carbons (Fsp3) is 0.357. The predicted octanol–water partition coefficient (Wildman–Crippen LogP) is 1.41. The zero-order valence-corrected chi connectivity index (χ0v) is 14.7. The molecule has 1 aromatic carbocycles. The lowest BCUT2D eigenvalue weighted by Crippen LogP contribution is -2.32. The van der Waals surface area contributed by atoms with E-state index in [1.807, 2.05) is 6.92 Å². The van der Waals surface area contributed by atoms with Crippen molar-refractivity contribution in [3.05, 3.63) is 29.8 Å².